The quantitative estimate of drug-likeness (QED) is 0.764. The summed E-state index contributed by atoms with van der Waals surface area (Å²) in [6.45, 7) is 1.15. The number of aliphatic hydroxyl groups excluding tert-OH is 1. The number of rotatable bonds is 5. The Labute approximate surface area is 103 Å². The normalized spacial score (nSPS) is 21.4. The number of aliphatic hydroxyl groups is 1. The minimum Gasteiger partial charge on any atom is -0.394 e. The fourth-order valence-corrected chi connectivity index (χ4v) is 2.32. The molecule has 0 saturated carbocycles. The van der Waals surface area contributed by atoms with Crippen LogP contribution in [0.2, 0.25) is 0 Å². The van der Waals surface area contributed by atoms with Crippen LogP contribution in [0.15, 0.2) is 42.5 Å². The summed E-state index contributed by atoms with van der Waals surface area (Å²) in [5.74, 6) is 0.720. The molecule has 17 heavy (non-hydrogen) atoms. The number of nitrogens with one attached hydrogen (secondary N) is 1. The molecule has 2 rings (SSSR count). The van der Waals surface area contributed by atoms with Crippen LogP contribution < -0.4 is 5.32 Å². The van der Waals surface area contributed by atoms with E-state index in [0.29, 0.717) is 0 Å². The van der Waals surface area contributed by atoms with E-state index in [4.69, 9.17) is 0 Å². The van der Waals surface area contributed by atoms with E-state index in [1.165, 1.54) is 24.8 Å². The standard InChI is InChI=1S/C15H21NO/c17-12-15(14-9-5-2-6-10-14)16-11-13-7-3-1-4-8-13/h1-3,5-6,9-10,13,15-17H,4,7-8,11-12H2/t13?,15-/m0/s1. The molecular formula is C15H21NO. The lowest BCUT2D eigenvalue weighted by atomic mass is 9.94. The summed E-state index contributed by atoms with van der Waals surface area (Å²) in [5, 5.41) is 12.9. The van der Waals surface area contributed by atoms with Gasteiger partial charge >= 0.3 is 0 Å². The van der Waals surface area contributed by atoms with Gasteiger partial charge in [0.2, 0.25) is 0 Å². The lowest BCUT2D eigenvalue weighted by Gasteiger charge is -2.22. The Morgan fingerprint density at radius 3 is 2.71 bits per heavy atom. The summed E-state index contributed by atoms with van der Waals surface area (Å²) in [7, 11) is 0. The smallest absolute Gasteiger partial charge is 0.0626 e. The van der Waals surface area contributed by atoms with E-state index in [1.807, 2.05) is 18.2 Å². The molecule has 0 radical (unpaired) electrons. The third-order valence-corrected chi connectivity index (χ3v) is 3.42. The minimum absolute atomic E-state index is 0.0714. The van der Waals surface area contributed by atoms with Crippen LogP contribution in [0.5, 0.6) is 0 Å². The molecule has 0 saturated heterocycles. The predicted molar refractivity (Wildman–Crippen MR) is 70.8 cm³/mol. The van der Waals surface area contributed by atoms with Gasteiger partial charge in [-0.25, -0.2) is 0 Å². The number of allylic oxidation sites excluding steroid dienone is 2. The third-order valence-electron chi connectivity index (χ3n) is 3.42. The van der Waals surface area contributed by atoms with E-state index < -0.39 is 0 Å². The van der Waals surface area contributed by atoms with Gasteiger partial charge in [0.25, 0.3) is 0 Å². The molecule has 0 amide bonds. The van der Waals surface area contributed by atoms with Crippen molar-refractivity contribution in [2.45, 2.75) is 25.3 Å². The topological polar surface area (TPSA) is 32.3 Å². The van der Waals surface area contributed by atoms with Crippen LogP contribution in [-0.2, 0) is 0 Å². The monoisotopic (exact) mass is 231 g/mol. The van der Waals surface area contributed by atoms with Crippen molar-refractivity contribution >= 4 is 0 Å². The fraction of sp³-hybridized carbons (Fsp3) is 0.467. The van der Waals surface area contributed by atoms with E-state index in [1.54, 1.807) is 0 Å². The molecule has 1 aromatic rings. The molecule has 1 aromatic carbocycles. The number of benzene rings is 1. The van der Waals surface area contributed by atoms with Crippen LogP contribution in [0.3, 0.4) is 0 Å². The van der Waals surface area contributed by atoms with Crippen LogP contribution in [-0.4, -0.2) is 18.3 Å². The Morgan fingerprint density at radius 2 is 2.06 bits per heavy atom. The molecule has 2 nitrogen and oxygen atoms in total. The largest absolute Gasteiger partial charge is 0.394 e. The van der Waals surface area contributed by atoms with Crippen LogP contribution in [0.1, 0.15) is 30.9 Å². The first-order chi connectivity index (χ1) is 8.40. The van der Waals surface area contributed by atoms with Crippen molar-refractivity contribution in [2.75, 3.05) is 13.2 Å². The second kappa shape index (κ2) is 6.58. The third kappa shape index (κ3) is 3.69. The maximum Gasteiger partial charge on any atom is 0.0626 e. The molecule has 0 spiro atoms. The first-order valence-corrected chi connectivity index (χ1v) is 6.44. The van der Waals surface area contributed by atoms with Gasteiger partial charge in [0, 0.05) is 0 Å². The molecule has 1 aliphatic rings. The van der Waals surface area contributed by atoms with Gasteiger partial charge in [-0.05, 0) is 37.3 Å². The molecule has 2 N–H and O–H groups in total. The second-order valence-corrected chi connectivity index (χ2v) is 4.70. The first-order valence-electron chi connectivity index (χ1n) is 6.44. The van der Waals surface area contributed by atoms with Gasteiger partial charge in [0.15, 0.2) is 0 Å². The summed E-state index contributed by atoms with van der Waals surface area (Å²) in [5.41, 5.74) is 1.17. The summed E-state index contributed by atoms with van der Waals surface area (Å²) in [6, 6.07) is 10.2. The van der Waals surface area contributed by atoms with Crippen LogP contribution in [0, 0.1) is 5.92 Å². The van der Waals surface area contributed by atoms with Gasteiger partial charge in [-0.1, -0.05) is 42.5 Å². The molecule has 0 aromatic heterocycles. The first kappa shape index (κ1) is 12.3. The van der Waals surface area contributed by atoms with E-state index in [0.717, 1.165) is 12.5 Å². The zero-order valence-electron chi connectivity index (χ0n) is 10.2. The zero-order valence-corrected chi connectivity index (χ0v) is 10.2. The average molecular weight is 231 g/mol. The molecule has 0 bridgehead atoms. The molecule has 2 atom stereocenters. The second-order valence-electron chi connectivity index (χ2n) is 4.70. The van der Waals surface area contributed by atoms with Crippen molar-refractivity contribution in [3.8, 4) is 0 Å². The molecule has 0 aliphatic heterocycles. The Hall–Kier alpha value is -1.12. The summed E-state index contributed by atoms with van der Waals surface area (Å²) >= 11 is 0. The van der Waals surface area contributed by atoms with Crippen molar-refractivity contribution in [3.63, 3.8) is 0 Å². The highest BCUT2D eigenvalue weighted by Crippen LogP contribution is 2.19. The number of hydrogen-bond donors (Lipinski definition) is 2. The van der Waals surface area contributed by atoms with Gasteiger partial charge in [-0.3, -0.25) is 0 Å². The van der Waals surface area contributed by atoms with Crippen molar-refractivity contribution in [1.29, 1.82) is 0 Å². The lowest BCUT2D eigenvalue weighted by molar-refractivity contribution is 0.237. The predicted octanol–water partition coefficient (Wildman–Crippen LogP) is 2.67. The van der Waals surface area contributed by atoms with Crippen molar-refractivity contribution in [3.05, 3.63) is 48.0 Å². The van der Waals surface area contributed by atoms with E-state index in [9.17, 15) is 5.11 Å². The minimum atomic E-state index is 0.0714. The van der Waals surface area contributed by atoms with E-state index >= 15 is 0 Å². The molecular weight excluding hydrogens is 210 g/mol. The van der Waals surface area contributed by atoms with Gasteiger partial charge < -0.3 is 10.4 Å². The molecule has 0 fully saturated rings. The van der Waals surface area contributed by atoms with Gasteiger partial charge in [-0.2, -0.15) is 0 Å². The fourth-order valence-electron chi connectivity index (χ4n) is 2.32. The number of hydrogen-bond acceptors (Lipinski definition) is 2. The van der Waals surface area contributed by atoms with Gasteiger partial charge in [0.1, 0.15) is 0 Å². The highest BCUT2D eigenvalue weighted by Gasteiger charge is 2.13. The summed E-state index contributed by atoms with van der Waals surface area (Å²) < 4.78 is 0. The molecule has 1 aliphatic carbocycles. The molecule has 0 heterocycles. The zero-order chi connectivity index (χ0) is 11.9. The SMILES string of the molecule is OC[C@H](NCC1CC=CCC1)c1ccccc1. The Kier molecular flexibility index (Phi) is 4.77. The highest BCUT2D eigenvalue weighted by molar-refractivity contribution is 5.18. The van der Waals surface area contributed by atoms with Gasteiger partial charge in [0.05, 0.1) is 12.6 Å². The van der Waals surface area contributed by atoms with Crippen molar-refractivity contribution < 1.29 is 5.11 Å². The maximum absolute atomic E-state index is 9.43. The van der Waals surface area contributed by atoms with E-state index in [2.05, 4.69) is 29.6 Å². The summed E-state index contributed by atoms with van der Waals surface area (Å²) in [4.78, 5) is 0. The van der Waals surface area contributed by atoms with Gasteiger partial charge in [-0.15, -0.1) is 0 Å². The highest BCUT2D eigenvalue weighted by atomic mass is 16.3. The van der Waals surface area contributed by atoms with E-state index in [-0.39, 0.29) is 12.6 Å². The van der Waals surface area contributed by atoms with Crippen LogP contribution >= 0.6 is 0 Å². The molecule has 1 unspecified atom stereocenters. The Bertz CT molecular complexity index is 347. The molecule has 2 heteroatoms. The Morgan fingerprint density at radius 1 is 1.24 bits per heavy atom. The van der Waals surface area contributed by atoms with Crippen LogP contribution in [0.25, 0.3) is 0 Å². The Balaban J connectivity index is 1.85. The van der Waals surface area contributed by atoms with Crippen molar-refractivity contribution in [2.24, 2.45) is 5.92 Å². The van der Waals surface area contributed by atoms with Crippen LogP contribution in [0.4, 0.5) is 0 Å². The average Bonchev–Trinajstić information content (AvgIpc) is 2.42. The maximum atomic E-state index is 9.43. The lowest BCUT2D eigenvalue weighted by Crippen LogP contribution is -2.30. The molecule has 92 valence electrons. The summed E-state index contributed by atoms with van der Waals surface area (Å²) in [6.07, 6.45) is 8.15. The van der Waals surface area contributed by atoms with Crippen molar-refractivity contribution in [1.82, 2.24) is 5.32 Å².